The second-order valence-electron chi connectivity index (χ2n) is 7.37. The number of carboxylic acids is 1. The zero-order valence-corrected chi connectivity index (χ0v) is 18.7. The second-order valence-corrected chi connectivity index (χ2v) is 7.37. The Morgan fingerprint density at radius 3 is 2.50 bits per heavy atom. The van der Waals surface area contributed by atoms with Gasteiger partial charge < -0.3 is 31.9 Å². The number of hydrogen-bond acceptors (Lipinski definition) is 12. The van der Waals surface area contributed by atoms with Crippen LogP contribution < -0.4 is 27.7 Å². The van der Waals surface area contributed by atoms with Crippen molar-refractivity contribution >= 4 is 46.6 Å². The van der Waals surface area contributed by atoms with Crippen molar-refractivity contribution in [1.82, 2.24) is 25.3 Å². The molecule has 0 bridgehead atoms. The number of benzene rings is 1. The topological polar surface area (TPSA) is 245 Å². The molecule has 3 aromatic rings. The van der Waals surface area contributed by atoms with E-state index < -0.39 is 48.4 Å². The summed E-state index contributed by atoms with van der Waals surface area (Å²) in [6.45, 7) is -0.277. The number of nitrogen functional groups attached to an aromatic ring is 1. The van der Waals surface area contributed by atoms with Gasteiger partial charge in [0.25, 0.3) is 11.5 Å². The smallest absolute Gasteiger partial charge is 0.327 e. The van der Waals surface area contributed by atoms with E-state index in [1.165, 1.54) is 18.3 Å². The molecule has 0 fully saturated rings. The standard InChI is InChI=1S/C21H22N8O7/c22-7-15(31)36-14(30)6-5-13(20(34)35)27-18(32)10-1-3-11(4-2-10)24-8-12-9-25-17-16(26-12)19(33)29-21(23)28-17/h1-4,9,13,24H,5-8,22H2,(H,27,32)(H,34,35)(H3,23,25,28,29,33)/t13-/m0/s1. The number of carbonyl (C=O) groups excluding carboxylic acids is 3. The highest BCUT2D eigenvalue weighted by molar-refractivity contribution is 5.97. The van der Waals surface area contributed by atoms with E-state index in [4.69, 9.17) is 11.5 Å². The molecule has 0 unspecified atom stereocenters. The van der Waals surface area contributed by atoms with Crippen molar-refractivity contribution in [3.8, 4) is 0 Å². The van der Waals surface area contributed by atoms with Crippen LogP contribution in [0, 0.1) is 0 Å². The summed E-state index contributed by atoms with van der Waals surface area (Å²) in [6, 6.07) is 4.73. The number of esters is 2. The number of anilines is 2. The number of aliphatic carboxylic acids is 1. The van der Waals surface area contributed by atoms with Gasteiger partial charge in [0.15, 0.2) is 11.2 Å². The van der Waals surface area contributed by atoms with Crippen molar-refractivity contribution in [3.05, 3.63) is 52.1 Å². The summed E-state index contributed by atoms with van der Waals surface area (Å²) in [5, 5.41) is 14.7. The first-order chi connectivity index (χ1) is 17.2. The maximum Gasteiger partial charge on any atom is 0.327 e. The summed E-state index contributed by atoms with van der Waals surface area (Å²) in [7, 11) is 0. The number of carboxylic acid groups (broad SMARTS) is 1. The number of nitrogens with zero attached hydrogens (tertiary/aromatic N) is 3. The van der Waals surface area contributed by atoms with Crippen LogP contribution in [0.2, 0.25) is 0 Å². The normalized spacial score (nSPS) is 11.5. The highest BCUT2D eigenvalue weighted by Gasteiger charge is 2.22. The minimum atomic E-state index is -1.38. The van der Waals surface area contributed by atoms with Gasteiger partial charge in [-0.2, -0.15) is 4.98 Å². The monoisotopic (exact) mass is 498 g/mol. The number of amides is 1. The minimum Gasteiger partial charge on any atom is -0.480 e. The van der Waals surface area contributed by atoms with Crippen LogP contribution in [-0.4, -0.2) is 61.4 Å². The number of H-pyrrole nitrogens is 1. The molecule has 0 spiro atoms. The van der Waals surface area contributed by atoms with Crippen LogP contribution in [0.3, 0.4) is 0 Å². The number of nitrogens with one attached hydrogen (secondary N) is 3. The zero-order valence-electron chi connectivity index (χ0n) is 18.7. The molecule has 188 valence electrons. The largest absolute Gasteiger partial charge is 0.480 e. The maximum absolute atomic E-state index is 12.5. The predicted octanol–water partition coefficient (Wildman–Crippen LogP) is -1.10. The lowest BCUT2D eigenvalue weighted by molar-refractivity contribution is -0.158. The third kappa shape index (κ3) is 6.80. The summed E-state index contributed by atoms with van der Waals surface area (Å²) < 4.78 is 4.37. The van der Waals surface area contributed by atoms with Crippen LogP contribution in [0.4, 0.5) is 11.6 Å². The SMILES string of the molecule is NCC(=O)OC(=O)CC[C@H](NC(=O)c1ccc(NCc2cnc3nc(N)[nH]c(=O)c3n2)cc1)C(=O)O. The number of ether oxygens (including phenoxy) is 1. The summed E-state index contributed by atoms with van der Waals surface area (Å²) >= 11 is 0. The Hall–Kier alpha value is -4.92. The molecule has 0 saturated carbocycles. The molecule has 0 saturated heterocycles. The fraction of sp³-hybridized carbons (Fsp3) is 0.238. The lowest BCUT2D eigenvalue weighted by Crippen LogP contribution is -2.41. The van der Waals surface area contributed by atoms with Gasteiger partial charge in [0, 0.05) is 17.7 Å². The van der Waals surface area contributed by atoms with E-state index in [0.717, 1.165) is 0 Å². The Morgan fingerprint density at radius 2 is 1.83 bits per heavy atom. The Balaban J connectivity index is 1.57. The molecule has 2 aromatic heterocycles. The first-order valence-electron chi connectivity index (χ1n) is 10.5. The molecule has 0 aliphatic carbocycles. The van der Waals surface area contributed by atoms with E-state index in [1.54, 1.807) is 12.1 Å². The number of aromatic amines is 1. The molecule has 36 heavy (non-hydrogen) atoms. The lowest BCUT2D eigenvalue weighted by atomic mass is 10.1. The van der Waals surface area contributed by atoms with Crippen molar-refractivity contribution in [2.75, 3.05) is 17.6 Å². The van der Waals surface area contributed by atoms with E-state index >= 15 is 0 Å². The van der Waals surface area contributed by atoms with E-state index in [9.17, 15) is 29.1 Å². The molecule has 1 amide bonds. The molecule has 15 nitrogen and oxygen atoms in total. The molecule has 8 N–H and O–H groups in total. The number of rotatable bonds is 10. The molecule has 0 radical (unpaired) electrons. The van der Waals surface area contributed by atoms with Gasteiger partial charge in [0.05, 0.1) is 25.0 Å². The Bertz CT molecular complexity index is 1360. The number of nitrogens with two attached hydrogens (primary N) is 2. The molecular weight excluding hydrogens is 476 g/mol. The van der Waals surface area contributed by atoms with Gasteiger partial charge in [-0.1, -0.05) is 0 Å². The van der Waals surface area contributed by atoms with E-state index in [1.807, 2.05) is 0 Å². The summed E-state index contributed by atoms with van der Waals surface area (Å²) in [6.07, 6.45) is 0.755. The average Bonchev–Trinajstić information content (AvgIpc) is 2.85. The zero-order chi connectivity index (χ0) is 26.2. The Kier molecular flexibility index (Phi) is 8.19. The number of fused-ring (bicyclic) bond motifs is 1. The Labute approximate surface area is 202 Å². The van der Waals surface area contributed by atoms with Crippen LogP contribution in [0.5, 0.6) is 0 Å². The van der Waals surface area contributed by atoms with Crippen molar-refractivity contribution in [2.24, 2.45) is 5.73 Å². The van der Waals surface area contributed by atoms with Crippen molar-refractivity contribution in [3.63, 3.8) is 0 Å². The number of aromatic nitrogens is 4. The van der Waals surface area contributed by atoms with Gasteiger partial charge in [0.2, 0.25) is 5.95 Å². The van der Waals surface area contributed by atoms with E-state index in [2.05, 4.69) is 35.3 Å². The molecule has 0 aliphatic heterocycles. The van der Waals surface area contributed by atoms with Crippen LogP contribution in [0.15, 0.2) is 35.3 Å². The van der Waals surface area contributed by atoms with Gasteiger partial charge in [-0.3, -0.25) is 24.2 Å². The number of carbonyl (C=O) groups is 4. The van der Waals surface area contributed by atoms with E-state index in [-0.39, 0.29) is 35.6 Å². The van der Waals surface area contributed by atoms with Gasteiger partial charge in [-0.05, 0) is 30.7 Å². The van der Waals surface area contributed by atoms with Crippen LogP contribution in [-0.2, 0) is 25.7 Å². The molecule has 1 atom stereocenters. The minimum absolute atomic E-state index is 0.0442. The van der Waals surface area contributed by atoms with E-state index in [0.29, 0.717) is 11.4 Å². The van der Waals surface area contributed by atoms with Crippen LogP contribution in [0.25, 0.3) is 11.2 Å². The van der Waals surface area contributed by atoms with Gasteiger partial charge >= 0.3 is 17.9 Å². The van der Waals surface area contributed by atoms with Gasteiger partial charge in [-0.25, -0.2) is 14.8 Å². The second kappa shape index (κ2) is 11.5. The molecule has 15 heteroatoms. The summed E-state index contributed by atoms with van der Waals surface area (Å²) in [5.74, 6) is -3.97. The highest BCUT2D eigenvalue weighted by Crippen LogP contribution is 2.12. The van der Waals surface area contributed by atoms with Crippen molar-refractivity contribution < 1.29 is 29.0 Å². The molecule has 1 aromatic carbocycles. The fourth-order valence-electron chi connectivity index (χ4n) is 2.97. The Morgan fingerprint density at radius 1 is 1.11 bits per heavy atom. The third-order valence-electron chi connectivity index (χ3n) is 4.74. The lowest BCUT2D eigenvalue weighted by Gasteiger charge is -2.14. The number of hydrogen-bond donors (Lipinski definition) is 6. The molecule has 2 heterocycles. The maximum atomic E-state index is 12.5. The predicted molar refractivity (Wildman–Crippen MR) is 124 cm³/mol. The van der Waals surface area contributed by atoms with Crippen LogP contribution in [0.1, 0.15) is 28.9 Å². The molecule has 0 aliphatic rings. The first-order valence-corrected chi connectivity index (χ1v) is 10.5. The summed E-state index contributed by atoms with van der Waals surface area (Å²) in [5.41, 5.74) is 11.4. The van der Waals surface area contributed by atoms with Crippen LogP contribution >= 0.6 is 0 Å². The summed E-state index contributed by atoms with van der Waals surface area (Å²) in [4.78, 5) is 72.9. The van der Waals surface area contributed by atoms with Gasteiger partial charge in [-0.15, -0.1) is 0 Å². The van der Waals surface area contributed by atoms with Crippen molar-refractivity contribution in [2.45, 2.75) is 25.4 Å². The van der Waals surface area contributed by atoms with Crippen molar-refractivity contribution in [1.29, 1.82) is 0 Å². The van der Waals surface area contributed by atoms with Gasteiger partial charge in [0.1, 0.15) is 6.04 Å². The average molecular weight is 498 g/mol. The third-order valence-corrected chi connectivity index (χ3v) is 4.74. The first kappa shape index (κ1) is 25.7. The molecule has 3 rings (SSSR count). The fourth-order valence-corrected chi connectivity index (χ4v) is 2.97. The highest BCUT2D eigenvalue weighted by atomic mass is 16.6. The quantitative estimate of drug-likeness (QED) is 0.144. The molecular formula is C21H22N8O7.